The SMILES string of the molecule is CCCOCCO[C@@H]1C[C@@H]2CC[C@@H](C)[C@@](O)(O2)C(=O)C(=O)N2CCCC[C@H]2C(=O)O[C@H]([C@H](C)C[C@@H]2CC[C@@H](O)[C@H](OC)C2)CC(=O)[C@H](C)/C=C(\C)[C@@H](O)C(OC)C(=O)[C@H](C)C[C@H](C)/C=C/C=C/C=C/1C. The fourth-order valence-corrected chi connectivity index (χ4v) is 10.5. The molecule has 1 unspecified atom stereocenters. The van der Waals surface area contributed by atoms with E-state index >= 15 is 0 Å². The molecule has 70 heavy (non-hydrogen) atoms. The number of rotatable bonds is 11. The largest absolute Gasteiger partial charge is 0.460 e. The van der Waals surface area contributed by atoms with E-state index in [1.807, 2.05) is 65.0 Å². The lowest BCUT2D eigenvalue weighted by atomic mass is 9.78. The number of allylic oxidation sites excluding steroid dienone is 6. The van der Waals surface area contributed by atoms with Gasteiger partial charge in [0.2, 0.25) is 5.79 Å². The summed E-state index contributed by atoms with van der Waals surface area (Å²) in [4.78, 5) is 72.4. The van der Waals surface area contributed by atoms with Gasteiger partial charge in [-0.15, -0.1) is 0 Å². The molecule has 3 fully saturated rings. The molecule has 0 aromatic heterocycles. The zero-order valence-corrected chi connectivity index (χ0v) is 43.8. The number of esters is 1. The summed E-state index contributed by atoms with van der Waals surface area (Å²) in [5.74, 6) is -8.09. The van der Waals surface area contributed by atoms with Crippen LogP contribution >= 0.6 is 0 Å². The lowest BCUT2D eigenvalue weighted by Gasteiger charge is -2.43. The molecule has 1 aliphatic carbocycles. The number of aliphatic hydroxyl groups excluding tert-OH is 2. The third-order valence-corrected chi connectivity index (χ3v) is 15.1. The Morgan fingerprint density at radius 2 is 1.60 bits per heavy atom. The number of ether oxygens (including phenoxy) is 6. The number of Topliss-reactive ketones (excluding diaryl/α,β-unsaturated/α-hetero) is 3. The second-order valence-corrected chi connectivity index (χ2v) is 20.8. The number of ketones is 3. The van der Waals surface area contributed by atoms with Crippen LogP contribution in [0, 0.1) is 35.5 Å². The number of carbonyl (C=O) groups excluding carboxylic acids is 5. The van der Waals surface area contributed by atoms with Crippen molar-refractivity contribution in [3.05, 3.63) is 47.6 Å². The molecule has 4 rings (SSSR count). The Morgan fingerprint density at radius 3 is 2.30 bits per heavy atom. The van der Waals surface area contributed by atoms with Gasteiger partial charge < -0.3 is 48.6 Å². The lowest BCUT2D eigenvalue weighted by Crippen LogP contribution is -2.61. The van der Waals surface area contributed by atoms with Crippen LogP contribution in [0.5, 0.6) is 0 Å². The van der Waals surface area contributed by atoms with Gasteiger partial charge in [-0.25, -0.2) is 4.79 Å². The van der Waals surface area contributed by atoms with E-state index in [2.05, 4.69) is 0 Å². The number of fused-ring (bicyclic) bond motifs is 3. The normalized spacial score (nSPS) is 38.4. The molecule has 2 bridgehead atoms. The Labute approximate surface area is 417 Å². The highest BCUT2D eigenvalue weighted by Gasteiger charge is 2.53. The maximum Gasteiger partial charge on any atom is 0.329 e. The van der Waals surface area contributed by atoms with E-state index in [4.69, 9.17) is 28.4 Å². The van der Waals surface area contributed by atoms with Crippen molar-refractivity contribution >= 4 is 29.2 Å². The van der Waals surface area contributed by atoms with Crippen molar-refractivity contribution in [3.63, 3.8) is 0 Å². The Kier molecular flexibility index (Phi) is 24.3. The Bertz CT molecular complexity index is 1840. The summed E-state index contributed by atoms with van der Waals surface area (Å²) in [6, 6.07) is -1.15. The summed E-state index contributed by atoms with van der Waals surface area (Å²) in [7, 11) is 2.95. The second-order valence-electron chi connectivity index (χ2n) is 20.8. The van der Waals surface area contributed by atoms with Crippen LogP contribution in [0.4, 0.5) is 0 Å². The van der Waals surface area contributed by atoms with E-state index in [1.165, 1.54) is 12.0 Å². The number of carbonyl (C=O) groups is 5. The molecule has 3 aliphatic heterocycles. The van der Waals surface area contributed by atoms with Crippen molar-refractivity contribution in [2.24, 2.45) is 35.5 Å². The average molecular weight is 986 g/mol. The molecule has 15 nitrogen and oxygen atoms in total. The van der Waals surface area contributed by atoms with Crippen molar-refractivity contribution in [3.8, 4) is 0 Å². The zero-order chi connectivity index (χ0) is 51.7. The van der Waals surface area contributed by atoms with Crippen LogP contribution in [-0.4, -0.2) is 145 Å². The standard InChI is InChI=1S/C55H87NO14/c1-11-25-67-26-27-68-46-32-42-22-20-40(8)55(64,70-42)52(61)53(62)56-24-16-15-19-43(56)54(63)69-47(37(5)30-41-21-23-44(57)48(31-41)65-9)33-45(58)36(4)29-39(7)50(60)51(66-10)49(59)38(6)28-34(2)17-13-12-14-18-35(46)3/h12-14,17-18,29,34,36-38,40-44,46-48,50-51,57,60,64H,11,15-16,19-28,30-33H2,1-10H3/b14-12+,17-13+,35-18+,39-29+/t34-,36-,37-,38-,40-,41+,42+,43+,44-,46-,47+,48-,50-,51?,55-/m1/s1. The molecule has 3 N–H and O–H groups in total. The van der Waals surface area contributed by atoms with Gasteiger partial charge in [-0.2, -0.15) is 0 Å². The van der Waals surface area contributed by atoms with E-state index < -0.39 is 83.9 Å². The maximum absolute atomic E-state index is 14.5. The third-order valence-electron chi connectivity index (χ3n) is 15.1. The number of hydrogen-bond donors (Lipinski definition) is 3. The molecular formula is C55H87NO14. The van der Waals surface area contributed by atoms with Gasteiger partial charge in [0.15, 0.2) is 5.78 Å². The van der Waals surface area contributed by atoms with Crippen molar-refractivity contribution in [2.45, 2.75) is 193 Å². The topological polar surface area (TPSA) is 205 Å². The first-order valence-corrected chi connectivity index (χ1v) is 26.1. The molecule has 0 radical (unpaired) electrons. The summed E-state index contributed by atoms with van der Waals surface area (Å²) < 4.78 is 35.7. The number of cyclic esters (lactones) is 1. The molecule has 0 aromatic rings. The summed E-state index contributed by atoms with van der Waals surface area (Å²) >= 11 is 0. The van der Waals surface area contributed by atoms with Gasteiger partial charge in [-0.1, -0.05) is 78.0 Å². The number of nitrogens with zero attached hydrogens (tertiary/aromatic N) is 1. The van der Waals surface area contributed by atoms with E-state index in [0.29, 0.717) is 76.8 Å². The summed E-state index contributed by atoms with van der Waals surface area (Å²) in [6.45, 7) is 16.1. The van der Waals surface area contributed by atoms with E-state index in [0.717, 1.165) is 18.4 Å². The smallest absolute Gasteiger partial charge is 0.329 e. The molecule has 4 aliphatic rings. The highest BCUT2D eigenvalue weighted by Crippen LogP contribution is 2.38. The van der Waals surface area contributed by atoms with Crippen molar-refractivity contribution in [2.75, 3.05) is 40.6 Å². The van der Waals surface area contributed by atoms with E-state index in [1.54, 1.807) is 34.0 Å². The first-order valence-electron chi connectivity index (χ1n) is 26.1. The maximum atomic E-state index is 14.5. The first kappa shape index (κ1) is 59.2. The van der Waals surface area contributed by atoms with Gasteiger partial charge >= 0.3 is 5.97 Å². The van der Waals surface area contributed by atoms with Crippen LogP contribution in [0.2, 0.25) is 0 Å². The summed E-state index contributed by atoms with van der Waals surface area (Å²) in [5, 5.41) is 34.1. The van der Waals surface area contributed by atoms with Gasteiger partial charge in [-0.3, -0.25) is 19.2 Å². The predicted molar refractivity (Wildman–Crippen MR) is 265 cm³/mol. The first-order chi connectivity index (χ1) is 33.2. The van der Waals surface area contributed by atoms with Crippen LogP contribution in [0.1, 0.15) is 139 Å². The van der Waals surface area contributed by atoms with Gasteiger partial charge in [-0.05, 0) is 113 Å². The zero-order valence-electron chi connectivity index (χ0n) is 43.8. The van der Waals surface area contributed by atoms with Crippen LogP contribution in [0.15, 0.2) is 47.6 Å². The summed E-state index contributed by atoms with van der Waals surface area (Å²) in [6.07, 6.45) is 11.8. The average Bonchev–Trinajstić information content (AvgIpc) is 3.33. The monoisotopic (exact) mass is 986 g/mol. The van der Waals surface area contributed by atoms with Gasteiger partial charge in [0.1, 0.15) is 30.1 Å². The number of aliphatic hydroxyl groups is 3. The van der Waals surface area contributed by atoms with Crippen LogP contribution < -0.4 is 0 Å². The minimum absolute atomic E-state index is 0.00309. The molecule has 0 spiro atoms. The van der Waals surface area contributed by atoms with Gasteiger partial charge in [0, 0.05) is 58.0 Å². The minimum atomic E-state index is -2.46. The van der Waals surface area contributed by atoms with Crippen LogP contribution in [0.3, 0.4) is 0 Å². The fraction of sp³-hybridized carbons (Fsp3) is 0.764. The van der Waals surface area contributed by atoms with Gasteiger partial charge in [0.05, 0.1) is 37.6 Å². The fourth-order valence-electron chi connectivity index (χ4n) is 10.5. The van der Waals surface area contributed by atoms with Crippen LogP contribution in [0.25, 0.3) is 0 Å². The second kappa shape index (κ2) is 28.7. The minimum Gasteiger partial charge on any atom is -0.460 e. The lowest BCUT2D eigenvalue weighted by molar-refractivity contribution is -0.266. The highest BCUT2D eigenvalue weighted by atomic mass is 16.6. The molecule has 0 aromatic carbocycles. The highest BCUT2D eigenvalue weighted by molar-refractivity contribution is 6.39. The molecule has 396 valence electrons. The van der Waals surface area contributed by atoms with Crippen LogP contribution in [-0.2, 0) is 52.4 Å². The van der Waals surface area contributed by atoms with Crippen molar-refractivity contribution in [1.82, 2.24) is 4.90 Å². The molecular weight excluding hydrogens is 899 g/mol. The van der Waals surface area contributed by atoms with Gasteiger partial charge in [0.25, 0.3) is 11.7 Å². The number of methoxy groups -OCH3 is 2. The number of hydrogen-bond acceptors (Lipinski definition) is 14. The number of piperidine rings is 1. The third kappa shape index (κ3) is 16.6. The quantitative estimate of drug-likeness (QED) is 0.0828. The van der Waals surface area contributed by atoms with E-state index in [9.17, 15) is 39.3 Å². The van der Waals surface area contributed by atoms with Crippen molar-refractivity contribution < 1.29 is 67.7 Å². The van der Waals surface area contributed by atoms with Crippen molar-refractivity contribution in [1.29, 1.82) is 0 Å². The molecule has 1 amide bonds. The molecule has 15 heteroatoms. The summed E-state index contributed by atoms with van der Waals surface area (Å²) in [5.41, 5.74) is 1.25. The molecule has 1 saturated carbocycles. The molecule has 15 atom stereocenters. The molecule has 2 saturated heterocycles. The van der Waals surface area contributed by atoms with E-state index in [-0.39, 0.29) is 61.2 Å². The predicted octanol–water partition coefficient (Wildman–Crippen LogP) is 6.98. The Hall–Kier alpha value is -3.41. The Morgan fingerprint density at radius 1 is 0.857 bits per heavy atom. The number of amides is 1. The Balaban J connectivity index is 1.71. The molecule has 3 heterocycles.